The summed E-state index contributed by atoms with van der Waals surface area (Å²) in [6, 6.07) is 3.99. The highest BCUT2D eigenvalue weighted by Crippen LogP contribution is 2.34. The standard InChI is InChI=1S/C21H27ClFN3O4/c1-21(13-30-17-3-2-14(23)10-15(17)22)5-8-25(9-6-21)20(28)26-7-4-18-16(11-26)24-19(27)12-29-18/h2-3,10,16,18H,4-9,11-13H2,1H3,(H,24,27)/t16-,18+/m0/s1. The molecular weight excluding hydrogens is 413 g/mol. The van der Waals surface area contributed by atoms with Crippen LogP contribution in [0.4, 0.5) is 9.18 Å². The molecule has 7 nitrogen and oxygen atoms in total. The third-order valence-corrected chi connectivity index (χ3v) is 6.60. The lowest BCUT2D eigenvalue weighted by atomic mass is 9.81. The molecule has 1 aromatic carbocycles. The van der Waals surface area contributed by atoms with Gasteiger partial charge in [0.2, 0.25) is 5.91 Å². The van der Waals surface area contributed by atoms with Gasteiger partial charge in [0.15, 0.2) is 0 Å². The third kappa shape index (κ3) is 4.64. The van der Waals surface area contributed by atoms with Crippen molar-refractivity contribution in [3.8, 4) is 5.75 Å². The van der Waals surface area contributed by atoms with Gasteiger partial charge in [0.1, 0.15) is 18.2 Å². The van der Waals surface area contributed by atoms with Crippen molar-refractivity contribution in [2.24, 2.45) is 5.41 Å². The summed E-state index contributed by atoms with van der Waals surface area (Å²) in [6.45, 7) is 5.09. The van der Waals surface area contributed by atoms with Gasteiger partial charge < -0.3 is 24.6 Å². The summed E-state index contributed by atoms with van der Waals surface area (Å²) in [6.07, 6.45) is 2.33. The lowest BCUT2D eigenvalue weighted by molar-refractivity contribution is -0.139. The molecule has 3 saturated heterocycles. The fraction of sp³-hybridized carbons (Fsp3) is 0.619. The second-order valence-corrected chi connectivity index (χ2v) is 9.11. The molecule has 30 heavy (non-hydrogen) atoms. The van der Waals surface area contributed by atoms with Crippen molar-refractivity contribution < 1.29 is 23.5 Å². The van der Waals surface area contributed by atoms with Gasteiger partial charge in [0.25, 0.3) is 0 Å². The molecule has 1 N–H and O–H groups in total. The summed E-state index contributed by atoms with van der Waals surface area (Å²) in [5, 5.41) is 3.19. The highest BCUT2D eigenvalue weighted by molar-refractivity contribution is 6.32. The number of nitrogens with zero attached hydrogens (tertiary/aromatic N) is 2. The van der Waals surface area contributed by atoms with Crippen molar-refractivity contribution in [3.05, 3.63) is 29.0 Å². The predicted octanol–water partition coefficient (Wildman–Crippen LogP) is 2.67. The number of carbonyl (C=O) groups excluding carboxylic acids is 2. The lowest BCUT2D eigenvalue weighted by Gasteiger charge is -2.44. The van der Waals surface area contributed by atoms with E-state index in [0.29, 0.717) is 38.5 Å². The molecule has 0 aromatic heterocycles. The van der Waals surface area contributed by atoms with Crippen LogP contribution >= 0.6 is 11.6 Å². The zero-order valence-electron chi connectivity index (χ0n) is 17.0. The molecule has 0 saturated carbocycles. The monoisotopic (exact) mass is 439 g/mol. The van der Waals surface area contributed by atoms with E-state index in [9.17, 15) is 14.0 Å². The van der Waals surface area contributed by atoms with Gasteiger partial charge in [0, 0.05) is 31.6 Å². The molecule has 9 heteroatoms. The second kappa shape index (κ2) is 8.59. The molecule has 164 valence electrons. The molecule has 0 bridgehead atoms. The van der Waals surface area contributed by atoms with Crippen molar-refractivity contribution in [1.82, 2.24) is 15.1 Å². The number of benzene rings is 1. The average Bonchev–Trinajstić information content (AvgIpc) is 2.72. The number of likely N-dealkylation sites (tertiary alicyclic amines) is 2. The molecule has 3 aliphatic heterocycles. The summed E-state index contributed by atoms with van der Waals surface area (Å²) in [7, 11) is 0. The van der Waals surface area contributed by atoms with Gasteiger partial charge in [-0.1, -0.05) is 18.5 Å². The van der Waals surface area contributed by atoms with Crippen molar-refractivity contribution in [3.63, 3.8) is 0 Å². The molecule has 2 atom stereocenters. The molecule has 0 unspecified atom stereocenters. The number of hydrogen-bond acceptors (Lipinski definition) is 4. The Hall–Kier alpha value is -2.06. The summed E-state index contributed by atoms with van der Waals surface area (Å²) in [4.78, 5) is 28.3. The number of nitrogens with one attached hydrogen (secondary N) is 1. The van der Waals surface area contributed by atoms with Crippen LogP contribution in [0.2, 0.25) is 5.02 Å². The minimum atomic E-state index is -0.395. The maximum atomic E-state index is 13.2. The first-order valence-corrected chi connectivity index (χ1v) is 10.7. The Morgan fingerprint density at radius 2 is 2.10 bits per heavy atom. The quantitative estimate of drug-likeness (QED) is 0.786. The summed E-state index contributed by atoms with van der Waals surface area (Å²) < 4.78 is 24.6. The minimum absolute atomic E-state index is 0.00756. The van der Waals surface area contributed by atoms with Crippen LogP contribution in [0.3, 0.4) is 0 Å². The van der Waals surface area contributed by atoms with Crippen LogP contribution in [0.15, 0.2) is 18.2 Å². The Morgan fingerprint density at radius 3 is 2.83 bits per heavy atom. The summed E-state index contributed by atoms with van der Waals surface area (Å²) in [5.41, 5.74) is -0.0906. The normalized spacial score (nSPS) is 26.0. The van der Waals surface area contributed by atoms with Gasteiger partial charge in [-0.25, -0.2) is 9.18 Å². The van der Waals surface area contributed by atoms with Crippen LogP contribution in [-0.4, -0.2) is 73.3 Å². The fourth-order valence-electron chi connectivity index (χ4n) is 4.30. The number of rotatable bonds is 3. The van der Waals surface area contributed by atoms with Crippen molar-refractivity contribution in [2.45, 2.75) is 38.3 Å². The number of hydrogen-bond donors (Lipinski definition) is 1. The van der Waals surface area contributed by atoms with Crippen LogP contribution in [0, 0.1) is 11.2 Å². The zero-order chi connectivity index (χ0) is 21.3. The fourth-order valence-corrected chi connectivity index (χ4v) is 4.52. The molecule has 0 spiro atoms. The van der Waals surface area contributed by atoms with E-state index in [-0.39, 0.29) is 41.1 Å². The van der Waals surface area contributed by atoms with Gasteiger partial charge in [-0.15, -0.1) is 0 Å². The van der Waals surface area contributed by atoms with E-state index < -0.39 is 5.82 Å². The number of morpholine rings is 1. The molecular formula is C21H27ClFN3O4. The number of fused-ring (bicyclic) bond motifs is 1. The van der Waals surface area contributed by atoms with E-state index in [0.717, 1.165) is 19.3 Å². The highest BCUT2D eigenvalue weighted by atomic mass is 35.5. The minimum Gasteiger partial charge on any atom is -0.491 e. The Morgan fingerprint density at radius 1 is 1.33 bits per heavy atom. The molecule has 3 fully saturated rings. The van der Waals surface area contributed by atoms with Crippen LogP contribution in [0.1, 0.15) is 26.2 Å². The van der Waals surface area contributed by atoms with E-state index in [4.69, 9.17) is 21.1 Å². The number of carbonyl (C=O) groups is 2. The lowest BCUT2D eigenvalue weighted by Crippen LogP contribution is -2.62. The Kier molecular flexibility index (Phi) is 6.06. The summed E-state index contributed by atoms with van der Waals surface area (Å²) >= 11 is 6.04. The van der Waals surface area contributed by atoms with E-state index >= 15 is 0 Å². The average molecular weight is 440 g/mol. The SMILES string of the molecule is CC1(COc2ccc(F)cc2Cl)CCN(C(=O)N2CC[C@H]3OCC(=O)N[C@H]3C2)CC1. The second-order valence-electron chi connectivity index (χ2n) is 8.70. The van der Waals surface area contributed by atoms with E-state index in [2.05, 4.69) is 12.2 Å². The van der Waals surface area contributed by atoms with Crippen molar-refractivity contribution in [2.75, 3.05) is 39.4 Å². The molecule has 1 aromatic rings. The maximum absolute atomic E-state index is 13.2. The molecule has 0 radical (unpaired) electrons. The van der Waals surface area contributed by atoms with Gasteiger partial charge in [-0.3, -0.25) is 4.79 Å². The van der Waals surface area contributed by atoms with E-state index in [1.54, 1.807) is 0 Å². The van der Waals surface area contributed by atoms with Gasteiger partial charge >= 0.3 is 6.03 Å². The number of amides is 3. The zero-order valence-corrected chi connectivity index (χ0v) is 17.8. The maximum Gasteiger partial charge on any atom is 0.320 e. The van der Waals surface area contributed by atoms with Crippen LogP contribution < -0.4 is 10.1 Å². The molecule has 0 aliphatic carbocycles. The Bertz CT molecular complexity index is 815. The van der Waals surface area contributed by atoms with Crippen molar-refractivity contribution in [1.29, 1.82) is 0 Å². The first kappa shape index (κ1) is 21.2. The summed E-state index contributed by atoms with van der Waals surface area (Å²) in [5.74, 6) is -0.0493. The van der Waals surface area contributed by atoms with E-state index in [1.165, 1.54) is 18.2 Å². The van der Waals surface area contributed by atoms with E-state index in [1.807, 2.05) is 9.80 Å². The third-order valence-electron chi connectivity index (χ3n) is 6.31. The first-order valence-electron chi connectivity index (χ1n) is 10.4. The number of ether oxygens (including phenoxy) is 2. The Balaban J connectivity index is 1.28. The molecule has 3 amide bonds. The van der Waals surface area contributed by atoms with Crippen LogP contribution in [-0.2, 0) is 9.53 Å². The van der Waals surface area contributed by atoms with Crippen molar-refractivity contribution >= 4 is 23.5 Å². The Labute approximate surface area is 180 Å². The van der Waals surface area contributed by atoms with Gasteiger partial charge in [0.05, 0.1) is 23.8 Å². The topological polar surface area (TPSA) is 71.1 Å². The molecule has 3 heterocycles. The smallest absolute Gasteiger partial charge is 0.320 e. The molecule has 4 rings (SSSR count). The number of piperidine rings is 2. The largest absolute Gasteiger partial charge is 0.491 e. The first-order chi connectivity index (χ1) is 14.3. The van der Waals surface area contributed by atoms with Gasteiger partial charge in [-0.2, -0.15) is 0 Å². The van der Waals surface area contributed by atoms with Crippen LogP contribution in [0.25, 0.3) is 0 Å². The highest BCUT2D eigenvalue weighted by Gasteiger charge is 2.39. The van der Waals surface area contributed by atoms with Crippen LogP contribution in [0.5, 0.6) is 5.75 Å². The molecule has 3 aliphatic rings. The number of urea groups is 1. The number of halogens is 2. The van der Waals surface area contributed by atoms with Gasteiger partial charge in [-0.05, 0) is 37.5 Å². The predicted molar refractivity (Wildman–Crippen MR) is 109 cm³/mol.